The number of aromatic nitrogens is 5. The Bertz CT molecular complexity index is 1310. The summed E-state index contributed by atoms with van der Waals surface area (Å²) in [6, 6.07) is 8.49. The molecule has 3 aromatic heterocycles. The Balaban J connectivity index is 1.42. The van der Waals surface area contributed by atoms with Crippen LogP contribution in [0.5, 0.6) is 0 Å². The second-order valence-corrected chi connectivity index (χ2v) is 9.05. The number of rotatable bonds is 3. The molecule has 2 fully saturated rings. The van der Waals surface area contributed by atoms with Gasteiger partial charge in [-0.25, -0.2) is 19.5 Å². The van der Waals surface area contributed by atoms with E-state index in [1.165, 1.54) is 12.0 Å². The number of aliphatic hydroxyl groups excluding tert-OH is 1. The molecule has 32 heavy (non-hydrogen) atoms. The van der Waals surface area contributed by atoms with E-state index in [2.05, 4.69) is 46.8 Å². The molecule has 8 heteroatoms. The number of aliphatic hydroxyl groups is 1. The van der Waals surface area contributed by atoms with E-state index in [-0.39, 0.29) is 12.1 Å². The first-order valence-electron chi connectivity index (χ1n) is 11.4. The molecule has 4 aromatic rings. The van der Waals surface area contributed by atoms with Crippen molar-refractivity contribution in [2.75, 3.05) is 29.4 Å². The van der Waals surface area contributed by atoms with Crippen molar-refractivity contribution in [2.45, 2.75) is 45.3 Å². The molecule has 0 amide bonds. The van der Waals surface area contributed by atoms with E-state index in [9.17, 15) is 5.11 Å². The smallest absolute Gasteiger partial charge is 0.157 e. The van der Waals surface area contributed by atoms with Gasteiger partial charge in [0.2, 0.25) is 0 Å². The fraction of sp³-hybridized carbons (Fsp3) is 0.417. The fourth-order valence-corrected chi connectivity index (χ4v) is 5.10. The summed E-state index contributed by atoms with van der Waals surface area (Å²) in [6.07, 6.45) is 6.80. The summed E-state index contributed by atoms with van der Waals surface area (Å²) in [5, 5.41) is 15.7. The van der Waals surface area contributed by atoms with Gasteiger partial charge >= 0.3 is 0 Å². The monoisotopic (exact) mass is 429 g/mol. The molecule has 1 atom stereocenters. The zero-order valence-corrected chi connectivity index (χ0v) is 18.4. The highest BCUT2D eigenvalue weighted by atomic mass is 16.3. The van der Waals surface area contributed by atoms with Gasteiger partial charge in [-0.1, -0.05) is 12.1 Å². The molecule has 0 radical (unpaired) electrons. The number of β-amino-alcohol motifs (C(OH)–C–C–N with tert-alkyl or cyclic N) is 1. The largest absolute Gasteiger partial charge is 0.389 e. The van der Waals surface area contributed by atoms with Crippen molar-refractivity contribution in [2.24, 2.45) is 0 Å². The molecule has 1 aromatic carbocycles. The summed E-state index contributed by atoms with van der Waals surface area (Å²) in [5.74, 6) is 1.93. The van der Waals surface area contributed by atoms with Crippen LogP contribution >= 0.6 is 0 Å². The minimum absolute atomic E-state index is 0.151. The molecule has 0 saturated carbocycles. The minimum atomic E-state index is -0.255. The molecule has 0 aliphatic carbocycles. The first kappa shape index (κ1) is 19.4. The maximum Gasteiger partial charge on any atom is 0.157 e. The molecule has 2 aliphatic rings. The Morgan fingerprint density at radius 2 is 1.91 bits per heavy atom. The Labute approximate surface area is 186 Å². The summed E-state index contributed by atoms with van der Waals surface area (Å²) >= 11 is 0. The summed E-state index contributed by atoms with van der Waals surface area (Å²) in [7, 11) is 0. The van der Waals surface area contributed by atoms with Crippen molar-refractivity contribution in [3.05, 3.63) is 53.6 Å². The average Bonchev–Trinajstić information content (AvgIpc) is 3.19. The van der Waals surface area contributed by atoms with Crippen molar-refractivity contribution < 1.29 is 5.11 Å². The molecule has 0 spiro atoms. The van der Waals surface area contributed by atoms with Crippen molar-refractivity contribution in [3.8, 4) is 0 Å². The number of anilines is 2. The van der Waals surface area contributed by atoms with Gasteiger partial charge in [-0.3, -0.25) is 0 Å². The molecule has 2 saturated heterocycles. The molecule has 0 unspecified atom stereocenters. The van der Waals surface area contributed by atoms with E-state index in [0.29, 0.717) is 13.1 Å². The molecule has 1 N–H and O–H groups in total. The lowest BCUT2D eigenvalue weighted by Crippen LogP contribution is -2.51. The lowest BCUT2D eigenvalue weighted by molar-refractivity contribution is 0.141. The van der Waals surface area contributed by atoms with Gasteiger partial charge in [0.1, 0.15) is 18.0 Å². The van der Waals surface area contributed by atoms with Gasteiger partial charge in [-0.15, -0.1) is 0 Å². The van der Waals surface area contributed by atoms with Gasteiger partial charge in [-0.05, 0) is 44.7 Å². The second kappa shape index (κ2) is 7.41. The van der Waals surface area contributed by atoms with Crippen LogP contribution in [0.1, 0.15) is 42.1 Å². The van der Waals surface area contributed by atoms with Crippen LogP contribution in [0.25, 0.3) is 16.6 Å². The van der Waals surface area contributed by atoms with Crippen molar-refractivity contribution in [3.63, 3.8) is 0 Å². The van der Waals surface area contributed by atoms with Crippen LogP contribution in [0, 0.1) is 13.8 Å². The second-order valence-electron chi connectivity index (χ2n) is 9.05. The third-order valence-corrected chi connectivity index (χ3v) is 6.75. The van der Waals surface area contributed by atoms with E-state index in [4.69, 9.17) is 15.1 Å². The van der Waals surface area contributed by atoms with E-state index in [0.717, 1.165) is 58.8 Å². The van der Waals surface area contributed by atoms with E-state index < -0.39 is 0 Å². The molecular formula is C24H27N7O. The highest BCUT2D eigenvalue weighted by Gasteiger charge is 2.30. The minimum Gasteiger partial charge on any atom is -0.389 e. The Hall–Kier alpha value is -3.26. The standard InChI is InChI=1S/C24H27N7O/c1-15-6-5-7-18-22(15)24(26-14-25-18)30-9-4-3-8-20(30)19-10-21-27-23(29-12-17(32)13-29)16(2)11-31(21)28-19/h5-7,10-11,14,17,20,32H,3-4,8-9,12-13H2,1-2H3/t20-/m1/s1. The lowest BCUT2D eigenvalue weighted by atomic mass is 9.98. The van der Waals surface area contributed by atoms with Crippen molar-refractivity contribution in [1.82, 2.24) is 24.6 Å². The zero-order valence-electron chi connectivity index (χ0n) is 18.4. The van der Waals surface area contributed by atoms with Crippen LogP contribution in [0.15, 0.2) is 36.8 Å². The third kappa shape index (κ3) is 3.09. The number of nitrogens with zero attached hydrogens (tertiary/aromatic N) is 7. The molecule has 0 bridgehead atoms. The van der Waals surface area contributed by atoms with Gasteiger partial charge < -0.3 is 14.9 Å². The lowest BCUT2D eigenvalue weighted by Gasteiger charge is -2.37. The Morgan fingerprint density at radius 3 is 2.75 bits per heavy atom. The summed E-state index contributed by atoms with van der Waals surface area (Å²) in [5.41, 5.74) is 5.11. The van der Waals surface area contributed by atoms with E-state index in [1.807, 2.05) is 16.8 Å². The maximum absolute atomic E-state index is 9.69. The van der Waals surface area contributed by atoms with E-state index in [1.54, 1.807) is 6.33 Å². The summed E-state index contributed by atoms with van der Waals surface area (Å²) in [4.78, 5) is 18.6. The first-order chi connectivity index (χ1) is 15.6. The molecule has 5 heterocycles. The SMILES string of the molecule is Cc1cn2nc([C@H]3CCCCN3c3ncnc4cccc(C)c34)cc2nc1N1CC(O)C1. The first-order valence-corrected chi connectivity index (χ1v) is 11.4. The quantitative estimate of drug-likeness (QED) is 0.535. The number of hydrogen-bond donors (Lipinski definition) is 1. The molecule has 6 rings (SSSR count). The summed E-state index contributed by atoms with van der Waals surface area (Å²) < 4.78 is 1.89. The number of piperidine rings is 1. The van der Waals surface area contributed by atoms with Gasteiger partial charge in [-0.2, -0.15) is 5.10 Å². The predicted molar refractivity (Wildman–Crippen MR) is 124 cm³/mol. The average molecular weight is 430 g/mol. The van der Waals surface area contributed by atoms with Gasteiger partial charge in [0.05, 0.1) is 23.4 Å². The molecule has 164 valence electrons. The van der Waals surface area contributed by atoms with Crippen LogP contribution in [0.2, 0.25) is 0 Å². The van der Waals surface area contributed by atoms with Crippen LogP contribution in [0.3, 0.4) is 0 Å². The highest BCUT2D eigenvalue weighted by molar-refractivity contribution is 5.92. The van der Waals surface area contributed by atoms with Crippen LogP contribution in [-0.4, -0.2) is 55.4 Å². The molecular weight excluding hydrogens is 402 g/mol. The van der Waals surface area contributed by atoms with Crippen LogP contribution in [0.4, 0.5) is 11.6 Å². The number of aryl methyl sites for hydroxylation is 2. The number of hydrogen-bond acceptors (Lipinski definition) is 7. The van der Waals surface area contributed by atoms with Crippen molar-refractivity contribution >= 4 is 28.2 Å². The molecule has 2 aliphatic heterocycles. The molecule has 8 nitrogen and oxygen atoms in total. The van der Waals surface area contributed by atoms with Crippen molar-refractivity contribution in [1.29, 1.82) is 0 Å². The summed E-state index contributed by atoms with van der Waals surface area (Å²) in [6.45, 7) is 6.40. The van der Waals surface area contributed by atoms with Gasteiger partial charge in [0.25, 0.3) is 0 Å². The Morgan fingerprint density at radius 1 is 1.03 bits per heavy atom. The zero-order chi connectivity index (χ0) is 21.8. The normalized spacial score (nSPS) is 19.7. The number of benzene rings is 1. The highest BCUT2D eigenvalue weighted by Crippen LogP contribution is 2.37. The predicted octanol–water partition coefficient (Wildman–Crippen LogP) is 3.20. The topological polar surface area (TPSA) is 82.7 Å². The van der Waals surface area contributed by atoms with Gasteiger partial charge in [0.15, 0.2) is 5.65 Å². The van der Waals surface area contributed by atoms with Crippen LogP contribution in [-0.2, 0) is 0 Å². The fourth-order valence-electron chi connectivity index (χ4n) is 5.10. The third-order valence-electron chi connectivity index (χ3n) is 6.75. The van der Waals surface area contributed by atoms with E-state index >= 15 is 0 Å². The Kier molecular flexibility index (Phi) is 4.50. The van der Waals surface area contributed by atoms with Gasteiger partial charge in [0, 0.05) is 42.8 Å². The maximum atomic E-state index is 9.69. The number of fused-ring (bicyclic) bond motifs is 2. The van der Waals surface area contributed by atoms with Crippen LogP contribution < -0.4 is 9.80 Å².